The van der Waals surface area contributed by atoms with E-state index in [9.17, 15) is 9.59 Å². The molecular formula is C12H22N2O5. The van der Waals surface area contributed by atoms with Gasteiger partial charge in [-0.25, -0.2) is 4.79 Å². The number of nitrogens with one attached hydrogen (secondary N) is 2. The summed E-state index contributed by atoms with van der Waals surface area (Å²) in [5.41, 5.74) is -1.09. The Morgan fingerprint density at radius 2 is 2.00 bits per heavy atom. The van der Waals surface area contributed by atoms with E-state index in [0.717, 1.165) is 0 Å². The lowest BCUT2D eigenvalue weighted by Gasteiger charge is -2.43. The van der Waals surface area contributed by atoms with Crippen LogP contribution in [0.2, 0.25) is 0 Å². The second-order valence-corrected chi connectivity index (χ2v) is 5.83. The van der Waals surface area contributed by atoms with Gasteiger partial charge in [-0.3, -0.25) is 10.1 Å². The summed E-state index contributed by atoms with van der Waals surface area (Å²) in [6.07, 6.45) is -0.524. The molecule has 0 saturated carbocycles. The van der Waals surface area contributed by atoms with Gasteiger partial charge in [-0.05, 0) is 27.7 Å². The number of hydrogen-bond acceptors (Lipinski definition) is 5. The number of carboxylic acid groups (broad SMARTS) is 1. The van der Waals surface area contributed by atoms with Gasteiger partial charge in [0.15, 0.2) is 0 Å². The number of carboxylic acids is 1. The maximum atomic E-state index is 11.5. The minimum atomic E-state index is -0.941. The molecule has 1 fully saturated rings. The van der Waals surface area contributed by atoms with Crippen LogP contribution in [0.3, 0.4) is 0 Å². The van der Waals surface area contributed by atoms with Gasteiger partial charge >= 0.3 is 12.1 Å². The summed E-state index contributed by atoms with van der Waals surface area (Å²) in [5.74, 6) is -0.941. The third-order valence-electron chi connectivity index (χ3n) is 2.62. The molecular weight excluding hydrogens is 252 g/mol. The molecule has 1 aliphatic heterocycles. The third kappa shape index (κ3) is 5.04. The summed E-state index contributed by atoms with van der Waals surface area (Å²) in [4.78, 5) is 22.4. The lowest BCUT2D eigenvalue weighted by molar-refractivity contribution is -0.142. The van der Waals surface area contributed by atoms with Crippen LogP contribution >= 0.6 is 0 Å². The quantitative estimate of drug-likeness (QED) is 0.669. The van der Waals surface area contributed by atoms with Crippen LogP contribution in [0, 0.1) is 0 Å². The van der Waals surface area contributed by atoms with Gasteiger partial charge in [0.2, 0.25) is 0 Å². The maximum absolute atomic E-state index is 11.5. The number of hydrogen-bond donors (Lipinski definition) is 3. The molecule has 0 aromatic rings. The maximum Gasteiger partial charge on any atom is 0.407 e. The predicted molar refractivity (Wildman–Crippen MR) is 68.0 cm³/mol. The summed E-state index contributed by atoms with van der Waals surface area (Å²) < 4.78 is 10.2. The first-order valence-corrected chi connectivity index (χ1v) is 6.19. The molecule has 0 aromatic heterocycles. The second-order valence-electron chi connectivity index (χ2n) is 5.83. The van der Waals surface area contributed by atoms with Gasteiger partial charge in [-0.1, -0.05) is 0 Å². The number of ether oxygens (including phenoxy) is 2. The fourth-order valence-corrected chi connectivity index (χ4v) is 1.66. The minimum absolute atomic E-state index is 0.263. The smallest absolute Gasteiger partial charge is 0.407 e. The highest BCUT2D eigenvalue weighted by Gasteiger charge is 2.41. The number of carbonyl (C=O) groups excluding carboxylic acids is 1. The van der Waals surface area contributed by atoms with Gasteiger partial charge in [0.1, 0.15) is 11.6 Å². The third-order valence-corrected chi connectivity index (χ3v) is 2.62. The van der Waals surface area contributed by atoms with Crippen LogP contribution in [0.25, 0.3) is 0 Å². The van der Waals surface area contributed by atoms with Crippen LogP contribution in [0.1, 0.15) is 27.7 Å². The van der Waals surface area contributed by atoms with Crippen LogP contribution in [0.4, 0.5) is 4.79 Å². The van der Waals surface area contributed by atoms with Gasteiger partial charge in [0, 0.05) is 6.54 Å². The van der Waals surface area contributed by atoms with E-state index in [1.165, 1.54) is 0 Å². The predicted octanol–water partition coefficient (Wildman–Crippen LogP) is 0.343. The van der Waals surface area contributed by atoms with Gasteiger partial charge < -0.3 is 19.9 Å². The number of rotatable bonds is 5. The molecule has 110 valence electrons. The van der Waals surface area contributed by atoms with Crippen molar-refractivity contribution in [3.63, 3.8) is 0 Å². The zero-order chi connectivity index (χ0) is 14.7. The van der Waals surface area contributed by atoms with Crippen molar-refractivity contribution in [2.45, 2.75) is 44.9 Å². The fraction of sp³-hybridized carbons (Fsp3) is 0.833. The van der Waals surface area contributed by atoms with E-state index >= 15 is 0 Å². The average Bonchev–Trinajstić information content (AvgIpc) is 2.18. The monoisotopic (exact) mass is 274 g/mol. The van der Waals surface area contributed by atoms with Crippen molar-refractivity contribution < 1.29 is 24.2 Å². The normalized spacial score (nSPS) is 19.2. The van der Waals surface area contributed by atoms with E-state index in [0.29, 0.717) is 13.2 Å². The summed E-state index contributed by atoms with van der Waals surface area (Å²) in [6, 6.07) is -0.704. The minimum Gasteiger partial charge on any atom is -0.480 e. The molecule has 19 heavy (non-hydrogen) atoms. The van der Waals surface area contributed by atoms with Crippen molar-refractivity contribution in [3.8, 4) is 0 Å². The zero-order valence-electron chi connectivity index (χ0n) is 11.8. The SMILES string of the molecule is C[C@@H](NC1(CNC(=O)OC(C)(C)C)COC1)C(=O)O. The summed E-state index contributed by atoms with van der Waals surface area (Å²) in [5, 5.41) is 14.5. The summed E-state index contributed by atoms with van der Waals surface area (Å²) >= 11 is 0. The van der Waals surface area contributed by atoms with Crippen LogP contribution in [-0.4, -0.2) is 54.1 Å². The zero-order valence-corrected chi connectivity index (χ0v) is 11.8. The molecule has 0 aliphatic carbocycles. The fourth-order valence-electron chi connectivity index (χ4n) is 1.66. The summed E-state index contributed by atoms with van der Waals surface area (Å²) in [7, 11) is 0. The Labute approximate surface area is 112 Å². The molecule has 1 aliphatic rings. The molecule has 1 heterocycles. The molecule has 0 spiro atoms. The molecule has 0 radical (unpaired) electrons. The van der Waals surface area contributed by atoms with Gasteiger partial charge in [-0.2, -0.15) is 0 Å². The number of carbonyl (C=O) groups is 2. The number of aliphatic carboxylic acids is 1. The van der Waals surface area contributed by atoms with Crippen molar-refractivity contribution in [2.24, 2.45) is 0 Å². The number of alkyl carbamates (subject to hydrolysis) is 1. The van der Waals surface area contributed by atoms with Crippen LogP contribution in [0.15, 0.2) is 0 Å². The van der Waals surface area contributed by atoms with Crippen molar-refractivity contribution in [1.29, 1.82) is 0 Å². The molecule has 3 N–H and O–H groups in total. The van der Waals surface area contributed by atoms with E-state index in [1.807, 2.05) is 0 Å². The topological polar surface area (TPSA) is 96.9 Å². The van der Waals surface area contributed by atoms with Crippen LogP contribution in [-0.2, 0) is 14.3 Å². The van der Waals surface area contributed by atoms with Crippen molar-refractivity contribution in [1.82, 2.24) is 10.6 Å². The molecule has 0 unspecified atom stereocenters. The van der Waals surface area contributed by atoms with E-state index in [1.54, 1.807) is 27.7 Å². The molecule has 1 saturated heterocycles. The highest BCUT2D eigenvalue weighted by atomic mass is 16.6. The molecule has 1 atom stereocenters. The summed E-state index contributed by atoms with van der Waals surface area (Å²) in [6.45, 7) is 7.87. The lowest BCUT2D eigenvalue weighted by Crippen LogP contribution is -2.68. The molecule has 0 aromatic carbocycles. The second kappa shape index (κ2) is 5.75. The number of amides is 1. The molecule has 0 bridgehead atoms. The van der Waals surface area contributed by atoms with E-state index in [-0.39, 0.29) is 6.54 Å². The standard InChI is InChI=1S/C12H22N2O5/c1-8(9(15)16)14-12(6-18-7-12)5-13-10(17)19-11(2,3)4/h8,14H,5-7H2,1-4H3,(H,13,17)(H,15,16)/t8-/m1/s1. The van der Waals surface area contributed by atoms with Gasteiger partial charge in [0.05, 0.1) is 18.8 Å². The average molecular weight is 274 g/mol. The van der Waals surface area contributed by atoms with Crippen LogP contribution < -0.4 is 10.6 Å². The molecule has 1 rings (SSSR count). The first-order valence-electron chi connectivity index (χ1n) is 6.19. The molecule has 7 heteroatoms. The van der Waals surface area contributed by atoms with E-state index in [2.05, 4.69) is 10.6 Å². The Balaban J connectivity index is 2.44. The van der Waals surface area contributed by atoms with Crippen molar-refractivity contribution >= 4 is 12.1 Å². The Morgan fingerprint density at radius 1 is 1.42 bits per heavy atom. The first kappa shape index (κ1) is 15.7. The molecule has 1 amide bonds. The highest BCUT2D eigenvalue weighted by molar-refractivity contribution is 5.73. The molecule has 7 nitrogen and oxygen atoms in total. The van der Waals surface area contributed by atoms with Crippen LogP contribution in [0.5, 0.6) is 0 Å². The van der Waals surface area contributed by atoms with Crippen molar-refractivity contribution in [2.75, 3.05) is 19.8 Å². The highest BCUT2D eigenvalue weighted by Crippen LogP contribution is 2.17. The van der Waals surface area contributed by atoms with E-state index in [4.69, 9.17) is 14.6 Å². The first-order chi connectivity index (χ1) is 8.64. The Kier molecular flexibility index (Phi) is 4.75. The van der Waals surface area contributed by atoms with Crippen molar-refractivity contribution in [3.05, 3.63) is 0 Å². The Bertz CT molecular complexity index is 347. The lowest BCUT2D eigenvalue weighted by atomic mass is 9.96. The largest absolute Gasteiger partial charge is 0.480 e. The Morgan fingerprint density at radius 3 is 2.37 bits per heavy atom. The van der Waals surface area contributed by atoms with Gasteiger partial charge in [0.25, 0.3) is 0 Å². The van der Waals surface area contributed by atoms with E-state index < -0.39 is 29.2 Å². The van der Waals surface area contributed by atoms with Gasteiger partial charge in [-0.15, -0.1) is 0 Å². The Hall–Kier alpha value is -1.34.